The molecule has 1 aromatic rings. The van der Waals surface area contributed by atoms with Crippen molar-refractivity contribution in [2.75, 3.05) is 23.7 Å². The van der Waals surface area contributed by atoms with Crippen LogP contribution in [0.3, 0.4) is 0 Å². The van der Waals surface area contributed by atoms with Crippen LogP contribution in [0.2, 0.25) is 0 Å². The van der Waals surface area contributed by atoms with Gasteiger partial charge in [0.25, 0.3) is 0 Å². The second kappa shape index (κ2) is 4.64. The van der Waals surface area contributed by atoms with E-state index in [2.05, 4.69) is 0 Å². The van der Waals surface area contributed by atoms with E-state index >= 15 is 0 Å². The number of alkyl halides is 3. The highest BCUT2D eigenvalue weighted by Crippen LogP contribution is 2.32. The molecule has 0 bridgehead atoms. The van der Waals surface area contributed by atoms with Crippen molar-refractivity contribution in [1.29, 1.82) is 0 Å². The van der Waals surface area contributed by atoms with Crippen LogP contribution in [-0.2, 0) is 6.42 Å². The van der Waals surface area contributed by atoms with E-state index in [1.54, 1.807) is 6.07 Å². The van der Waals surface area contributed by atoms with Crippen LogP contribution in [0, 0.1) is 6.92 Å². The first-order valence-corrected chi connectivity index (χ1v) is 5.79. The van der Waals surface area contributed by atoms with Crippen molar-refractivity contribution in [3.05, 3.63) is 23.3 Å². The first-order valence-electron chi connectivity index (χ1n) is 5.79. The molecule has 3 N–H and O–H groups in total. The molecule has 0 unspecified atom stereocenters. The predicted octanol–water partition coefficient (Wildman–Crippen LogP) is 2.21. The molecular formula is C12H14F3N3O. The minimum Gasteiger partial charge on any atom is -0.398 e. The van der Waals surface area contributed by atoms with Crippen molar-refractivity contribution < 1.29 is 18.0 Å². The summed E-state index contributed by atoms with van der Waals surface area (Å²) in [7, 11) is 0. The third kappa shape index (κ3) is 2.91. The van der Waals surface area contributed by atoms with Crippen LogP contribution in [-0.4, -0.2) is 25.3 Å². The van der Waals surface area contributed by atoms with E-state index in [1.807, 2.05) is 18.3 Å². The molecular weight excluding hydrogens is 259 g/mol. The summed E-state index contributed by atoms with van der Waals surface area (Å²) >= 11 is 0. The summed E-state index contributed by atoms with van der Waals surface area (Å²) in [5.74, 6) is 0. The SMILES string of the molecule is Cc1cc2c(cc1N)N(C(=O)NCC(F)(F)F)CC2. The summed E-state index contributed by atoms with van der Waals surface area (Å²) < 4.78 is 36.2. The quantitative estimate of drug-likeness (QED) is 0.771. The summed E-state index contributed by atoms with van der Waals surface area (Å²) in [4.78, 5) is 13.0. The fourth-order valence-corrected chi connectivity index (χ4v) is 2.06. The van der Waals surface area contributed by atoms with E-state index in [1.165, 1.54) is 4.90 Å². The van der Waals surface area contributed by atoms with Gasteiger partial charge in [0.1, 0.15) is 6.54 Å². The van der Waals surface area contributed by atoms with E-state index in [4.69, 9.17) is 5.73 Å². The van der Waals surface area contributed by atoms with Crippen LogP contribution in [0.4, 0.5) is 29.3 Å². The summed E-state index contributed by atoms with van der Waals surface area (Å²) in [6, 6.07) is 2.74. The topological polar surface area (TPSA) is 58.4 Å². The molecule has 2 rings (SSSR count). The zero-order valence-electron chi connectivity index (χ0n) is 10.3. The van der Waals surface area contributed by atoms with Crippen LogP contribution in [0.1, 0.15) is 11.1 Å². The number of nitrogens with zero attached hydrogens (tertiary/aromatic N) is 1. The summed E-state index contributed by atoms with van der Waals surface area (Å²) in [5.41, 5.74) is 8.69. The number of halogens is 3. The number of urea groups is 1. The average Bonchev–Trinajstić information content (AvgIpc) is 2.69. The van der Waals surface area contributed by atoms with Crippen LogP contribution in [0.15, 0.2) is 12.1 Å². The molecule has 1 aliphatic rings. The zero-order valence-corrected chi connectivity index (χ0v) is 10.3. The highest BCUT2D eigenvalue weighted by molar-refractivity contribution is 5.95. The smallest absolute Gasteiger partial charge is 0.398 e. The largest absolute Gasteiger partial charge is 0.405 e. The van der Waals surface area contributed by atoms with Crippen molar-refractivity contribution in [2.24, 2.45) is 0 Å². The van der Waals surface area contributed by atoms with E-state index in [9.17, 15) is 18.0 Å². The van der Waals surface area contributed by atoms with Crippen molar-refractivity contribution in [2.45, 2.75) is 19.5 Å². The van der Waals surface area contributed by atoms with Gasteiger partial charge in [-0.25, -0.2) is 4.79 Å². The number of fused-ring (bicyclic) bond motifs is 1. The van der Waals surface area contributed by atoms with E-state index in [0.717, 1.165) is 11.1 Å². The maximum absolute atomic E-state index is 12.1. The molecule has 0 spiro atoms. The third-order valence-corrected chi connectivity index (χ3v) is 3.05. The Morgan fingerprint density at radius 1 is 1.47 bits per heavy atom. The van der Waals surface area contributed by atoms with Gasteiger partial charge in [-0.05, 0) is 30.5 Å². The Labute approximate surface area is 108 Å². The minimum atomic E-state index is -4.41. The van der Waals surface area contributed by atoms with Gasteiger partial charge in [-0.1, -0.05) is 6.07 Å². The standard InChI is InChI=1S/C12H14F3N3O/c1-7-4-8-2-3-18(10(8)5-9(7)16)11(19)17-6-12(13,14)15/h4-5H,2-3,6,16H2,1H3,(H,17,19). The van der Waals surface area contributed by atoms with Gasteiger partial charge in [0.05, 0.1) is 5.69 Å². The molecule has 0 fully saturated rings. The number of nitrogens with one attached hydrogen (secondary N) is 1. The lowest BCUT2D eigenvalue weighted by Gasteiger charge is -2.19. The summed E-state index contributed by atoms with van der Waals surface area (Å²) in [5, 5.41) is 1.86. The first kappa shape index (κ1) is 13.5. The second-order valence-electron chi connectivity index (χ2n) is 4.51. The highest BCUT2D eigenvalue weighted by atomic mass is 19.4. The van der Waals surface area contributed by atoms with Gasteiger partial charge in [-0.15, -0.1) is 0 Å². The Hall–Kier alpha value is -1.92. The second-order valence-corrected chi connectivity index (χ2v) is 4.51. The van der Waals surface area contributed by atoms with Crippen LogP contribution in [0.5, 0.6) is 0 Å². The van der Waals surface area contributed by atoms with E-state index < -0.39 is 18.8 Å². The Morgan fingerprint density at radius 3 is 2.79 bits per heavy atom. The Kier molecular flexibility index (Phi) is 3.30. The zero-order chi connectivity index (χ0) is 14.2. The van der Waals surface area contributed by atoms with Gasteiger partial charge >= 0.3 is 12.2 Å². The predicted molar refractivity (Wildman–Crippen MR) is 66.1 cm³/mol. The van der Waals surface area contributed by atoms with Crippen molar-refractivity contribution in [3.63, 3.8) is 0 Å². The minimum absolute atomic E-state index is 0.363. The molecule has 1 aromatic carbocycles. The van der Waals surface area contributed by atoms with Gasteiger partial charge in [-0.3, -0.25) is 4.90 Å². The lowest BCUT2D eigenvalue weighted by Crippen LogP contribution is -2.43. The maximum atomic E-state index is 12.1. The van der Waals surface area contributed by atoms with E-state index in [-0.39, 0.29) is 0 Å². The number of aryl methyl sites for hydroxylation is 1. The molecule has 1 heterocycles. The lowest BCUT2D eigenvalue weighted by molar-refractivity contribution is -0.122. The molecule has 4 nitrogen and oxygen atoms in total. The van der Waals surface area contributed by atoms with Gasteiger partial charge < -0.3 is 11.1 Å². The number of benzene rings is 1. The van der Waals surface area contributed by atoms with Crippen molar-refractivity contribution in [1.82, 2.24) is 5.32 Å². The number of rotatable bonds is 1. The Morgan fingerprint density at radius 2 is 2.16 bits per heavy atom. The molecule has 0 saturated heterocycles. The maximum Gasteiger partial charge on any atom is 0.405 e. The Bertz CT molecular complexity index is 514. The fraction of sp³-hybridized carbons (Fsp3) is 0.417. The van der Waals surface area contributed by atoms with Crippen LogP contribution >= 0.6 is 0 Å². The number of hydrogen-bond acceptors (Lipinski definition) is 2. The molecule has 1 aliphatic heterocycles. The van der Waals surface area contributed by atoms with Crippen LogP contribution in [0.25, 0.3) is 0 Å². The molecule has 19 heavy (non-hydrogen) atoms. The molecule has 7 heteroatoms. The Balaban J connectivity index is 2.14. The monoisotopic (exact) mass is 273 g/mol. The molecule has 2 amide bonds. The molecule has 0 atom stereocenters. The number of amides is 2. The number of nitrogens with two attached hydrogens (primary N) is 1. The van der Waals surface area contributed by atoms with Crippen molar-refractivity contribution >= 4 is 17.4 Å². The molecule has 0 saturated carbocycles. The van der Waals surface area contributed by atoms with Gasteiger partial charge in [-0.2, -0.15) is 13.2 Å². The fourth-order valence-electron chi connectivity index (χ4n) is 2.06. The summed E-state index contributed by atoms with van der Waals surface area (Å²) in [6.07, 6.45) is -3.79. The van der Waals surface area contributed by atoms with Gasteiger partial charge in [0.15, 0.2) is 0 Å². The number of hydrogen-bond donors (Lipinski definition) is 2. The van der Waals surface area contributed by atoms with E-state index in [0.29, 0.717) is 24.3 Å². The van der Waals surface area contributed by atoms with Crippen LogP contribution < -0.4 is 16.0 Å². The first-order chi connectivity index (χ1) is 8.78. The molecule has 0 aromatic heterocycles. The number of anilines is 2. The van der Waals surface area contributed by atoms with Gasteiger partial charge in [0, 0.05) is 12.2 Å². The molecule has 0 aliphatic carbocycles. The van der Waals surface area contributed by atoms with Crippen molar-refractivity contribution in [3.8, 4) is 0 Å². The number of carbonyl (C=O) groups excluding carboxylic acids is 1. The lowest BCUT2D eigenvalue weighted by atomic mass is 10.1. The normalized spacial score (nSPS) is 14.4. The molecule has 104 valence electrons. The number of nitrogen functional groups attached to an aromatic ring is 1. The third-order valence-electron chi connectivity index (χ3n) is 3.05. The number of carbonyl (C=O) groups is 1. The van der Waals surface area contributed by atoms with Gasteiger partial charge in [0.2, 0.25) is 0 Å². The summed E-state index contributed by atoms with van der Waals surface area (Å²) in [6.45, 7) is 0.878. The molecule has 0 radical (unpaired) electrons. The average molecular weight is 273 g/mol. The highest BCUT2D eigenvalue weighted by Gasteiger charge is 2.31.